The maximum atomic E-state index is 13.0. The normalized spacial score (nSPS) is 26.2. The Hall–Kier alpha value is -1.40. The van der Waals surface area contributed by atoms with Crippen LogP contribution in [0, 0.1) is 11.3 Å². The van der Waals surface area contributed by atoms with Crippen molar-refractivity contribution in [3.8, 4) is 0 Å². The van der Waals surface area contributed by atoms with E-state index in [0.717, 1.165) is 69.7 Å². The van der Waals surface area contributed by atoms with E-state index in [0.29, 0.717) is 5.92 Å². The van der Waals surface area contributed by atoms with Gasteiger partial charge >= 0.3 is 0 Å². The lowest BCUT2D eigenvalue weighted by molar-refractivity contribution is -0.123. The van der Waals surface area contributed by atoms with Gasteiger partial charge in [-0.15, -0.1) is 0 Å². The van der Waals surface area contributed by atoms with Crippen LogP contribution in [0.15, 0.2) is 11.3 Å². The van der Waals surface area contributed by atoms with Crippen molar-refractivity contribution >= 4 is 12.1 Å². The van der Waals surface area contributed by atoms with E-state index in [1.54, 1.807) is 0 Å². The second kappa shape index (κ2) is 9.34. The van der Waals surface area contributed by atoms with Crippen molar-refractivity contribution in [2.75, 3.05) is 32.8 Å². The van der Waals surface area contributed by atoms with E-state index >= 15 is 0 Å². The van der Waals surface area contributed by atoms with Gasteiger partial charge in [0.1, 0.15) is 6.23 Å². The Morgan fingerprint density at radius 2 is 1.88 bits per heavy atom. The summed E-state index contributed by atoms with van der Waals surface area (Å²) in [5, 5.41) is 14.4. The number of ether oxygens (including phenoxy) is 1. The van der Waals surface area contributed by atoms with Gasteiger partial charge in [-0.1, -0.05) is 25.7 Å². The standard InChI is InChI=1S/C19H32N4O2/c20-14-17(23-10-8-21-9-11-23)16(13-15-5-1-2-6-15)19(24)22-18-7-3-4-12-25-18/h14-15,18,20-21H,1-13H2,(H,22,24). The van der Waals surface area contributed by atoms with Crippen LogP contribution in [0.25, 0.3) is 0 Å². The summed E-state index contributed by atoms with van der Waals surface area (Å²) in [6.45, 7) is 4.24. The fourth-order valence-electron chi connectivity index (χ4n) is 4.18. The molecule has 1 aliphatic carbocycles. The summed E-state index contributed by atoms with van der Waals surface area (Å²) in [4.78, 5) is 15.2. The molecule has 0 aromatic rings. The number of amides is 1. The molecule has 1 saturated carbocycles. The number of nitrogens with zero attached hydrogens (tertiary/aromatic N) is 1. The molecule has 6 heteroatoms. The van der Waals surface area contributed by atoms with Crippen LogP contribution in [0.3, 0.4) is 0 Å². The molecule has 6 nitrogen and oxygen atoms in total. The number of rotatable bonds is 6. The summed E-state index contributed by atoms with van der Waals surface area (Å²) in [6, 6.07) is 0. The SMILES string of the molecule is N=CC(=C(CC1CCCC1)C(=O)NC1CCCCO1)N1CCNCC1. The van der Waals surface area contributed by atoms with Crippen molar-refractivity contribution in [1.29, 1.82) is 5.41 Å². The highest BCUT2D eigenvalue weighted by Gasteiger charge is 2.27. The lowest BCUT2D eigenvalue weighted by atomic mass is 9.95. The molecule has 2 aliphatic heterocycles. The molecule has 0 aromatic heterocycles. The van der Waals surface area contributed by atoms with Crippen molar-refractivity contribution < 1.29 is 9.53 Å². The van der Waals surface area contributed by atoms with E-state index in [4.69, 9.17) is 10.1 Å². The molecule has 0 bridgehead atoms. The van der Waals surface area contributed by atoms with Gasteiger partial charge in [-0.05, 0) is 31.6 Å². The summed E-state index contributed by atoms with van der Waals surface area (Å²) in [5.41, 5.74) is 1.60. The van der Waals surface area contributed by atoms with Gasteiger partial charge in [0.25, 0.3) is 5.91 Å². The first kappa shape index (κ1) is 18.4. The average Bonchev–Trinajstić information content (AvgIpc) is 3.16. The third-order valence-electron chi connectivity index (χ3n) is 5.62. The van der Waals surface area contributed by atoms with Gasteiger partial charge in [-0.3, -0.25) is 4.79 Å². The molecule has 2 heterocycles. The summed E-state index contributed by atoms with van der Waals surface area (Å²) in [7, 11) is 0. The molecule has 0 spiro atoms. The van der Waals surface area contributed by atoms with Crippen LogP contribution < -0.4 is 10.6 Å². The molecule has 3 fully saturated rings. The Balaban J connectivity index is 1.77. The molecule has 0 radical (unpaired) electrons. The minimum absolute atomic E-state index is 0.0316. The molecule has 3 aliphatic rings. The number of hydrogen-bond donors (Lipinski definition) is 3. The zero-order valence-electron chi connectivity index (χ0n) is 15.2. The highest BCUT2D eigenvalue weighted by molar-refractivity contribution is 5.99. The maximum absolute atomic E-state index is 13.0. The second-order valence-corrected chi connectivity index (χ2v) is 7.43. The number of piperazine rings is 1. The Bertz CT molecular complexity index is 488. The number of carbonyl (C=O) groups is 1. The molecule has 1 atom stereocenters. The maximum Gasteiger partial charge on any atom is 0.251 e. The van der Waals surface area contributed by atoms with Gasteiger partial charge in [-0.25, -0.2) is 0 Å². The first-order valence-corrected chi connectivity index (χ1v) is 9.89. The smallest absolute Gasteiger partial charge is 0.251 e. The van der Waals surface area contributed by atoms with Gasteiger partial charge in [0, 0.05) is 44.6 Å². The Labute approximate surface area is 150 Å². The van der Waals surface area contributed by atoms with Crippen LogP contribution in [-0.2, 0) is 9.53 Å². The lowest BCUT2D eigenvalue weighted by Gasteiger charge is -2.32. The molecule has 1 unspecified atom stereocenters. The summed E-state index contributed by atoms with van der Waals surface area (Å²) >= 11 is 0. The fraction of sp³-hybridized carbons (Fsp3) is 0.789. The van der Waals surface area contributed by atoms with Gasteiger partial charge < -0.3 is 25.7 Å². The van der Waals surface area contributed by atoms with Crippen molar-refractivity contribution in [2.24, 2.45) is 5.92 Å². The van der Waals surface area contributed by atoms with Crippen LogP contribution in [0.5, 0.6) is 0 Å². The first-order chi connectivity index (χ1) is 12.3. The van der Waals surface area contributed by atoms with Crippen molar-refractivity contribution in [3.63, 3.8) is 0 Å². The number of carbonyl (C=O) groups excluding carboxylic acids is 1. The first-order valence-electron chi connectivity index (χ1n) is 9.89. The summed E-state index contributed by atoms with van der Waals surface area (Å²) < 4.78 is 5.69. The topological polar surface area (TPSA) is 77.5 Å². The van der Waals surface area contributed by atoms with Crippen molar-refractivity contribution in [1.82, 2.24) is 15.5 Å². The average molecular weight is 348 g/mol. The van der Waals surface area contributed by atoms with E-state index < -0.39 is 0 Å². The predicted octanol–water partition coefficient (Wildman–Crippen LogP) is 2.02. The van der Waals surface area contributed by atoms with Gasteiger partial charge in [-0.2, -0.15) is 0 Å². The van der Waals surface area contributed by atoms with Crippen LogP contribution in [0.2, 0.25) is 0 Å². The molecule has 3 N–H and O–H groups in total. The van der Waals surface area contributed by atoms with Crippen LogP contribution in [0.4, 0.5) is 0 Å². The minimum atomic E-state index is -0.171. The Kier molecular flexibility index (Phi) is 6.87. The van der Waals surface area contributed by atoms with Gasteiger partial charge in [0.15, 0.2) is 0 Å². The fourth-order valence-corrected chi connectivity index (χ4v) is 4.18. The molecular formula is C19H32N4O2. The molecule has 1 amide bonds. The van der Waals surface area contributed by atoms with E-state index in [-0.39, 0.29) is 12.1 Å². The van der Waals surface area contributed by atoms with Crippen LogP contribution >= 0.6 is 0 Å². The molecular weight excluding hydrogens is 316 g/mol. The Morgan fingerprint density at radius 1 is 1.16 bits per heavy atom. The minimum Gasteiger partial charge on any atom is -0.367 e. The zero-order chi connectivity index (χ0) is 17.5. The third-order valence-corrected chi connectivity index (χ3v) is 5.62. The third kappa shape index (κ3) is 5.05. The van der Waals surface area contributed by atoms with Gasteiger partial charge in [0.05, 0.1) is 5.70 Å². The molecule has 2 saturated heterocycles. The van der Waals surface area contributed by atoms with Crippen LogP contribution in [-0.4, -0.2) is 56.0 Å². The summed E-state index contributed by atoms with van der Waals surface area (Å²) in [5.74, 6) is 0.543. The number of allylic oxidation sites excluding steroid dienone is 1. The van der Waals surface area contributed by atoms with E-state index in [9.17, 15) is 4.79 Å². The number of hydrogen-bond acceptors (Lipinski definition) is 5. The largest absolute Gasteiger partial charge is 0.367 e. The Morgan fingerprint density at radius 3 is 2.52 bits per heavy atom. The quantitative estimate of drug-likeness (QED) is 0.507. The monoisotopic (exact) mass is 348 g/mol. The summed E-state index contributed by atoms with van der Waals surface area (Å²) in [6.07, 6.45) is 9.98. The highest BCUT2D eigenvalue weighted by atomic mass is 16.5. The van der Waals surface area contributed by atoms with Gasteiger partial charge in [0.2, 0.25) is 0 Å². The molecule has 0 aromatic carbocycles. The zero-order valence-corrected chi connectivity index (χ0v) is 15.2. The molecule has 140 valence electrons. The number of nitrogens with one attached hydrogen (secondary N) is 3. The van der Waals surface area contributed by atoms with E-state index in [2.05, 4.69) is 15.5 Å². The predicted molar refractivity (Wildman–Crippen MR) is 98.6 cm³/mol. The van der Waals surface area contributed by atoms with Crippen molar-refractivity contribution in [3.05, 3.63) is 11.3 Å². The molecule has 3 rings (SSSR count). The van der Waals surface area contributed by atoms with Crippen molar-refractivity contribution in [2.45, 2.75) is 57.6 Å². The second-order valence-electron chi connectivity index (χ2n) is 7.43. The van der Waals surface area contributed by atoms with Crippen LogP contribution in [0.1, 0.15) is 51.4 Å². The highest BCUT2D eigenvalue weighted by Crippen LogP contribution is 2.31. The molecule has 25 heavy (non-hydrogen) atoms. The van der Waals surface area contributed by atoms with E-state index in [1.165, 1.54) is 31.9 Å². The lowest BCUT2D eigenvalue weighted by Crippen LogP contribution is -2.45. The van der Waals surface area contributed by atoms with E-state index in [1.807, 2.05) is 0 Å².